The first kappa shape index (κ1) is 24.2. The van der Waals surface area contributed by atoms with E-state index in [0.717, 1.165) is 15.6 Å². The Morgan fingerprint density at radius 2 is 1.97 bits per heavy atom. The number of esters is 1. The third-order valence-corrected chi connectivity index (χ3v) is 6.10. The van der Waals surface area contributed by atoms with Crippen molar-refractivity contribution in [3.63, 3.8) is 0 Å². The molecule has 0 bridgehead atoms. The van der Waals surface area contributed by atoms with Crippen LogP contribution in [0.25, 0.3) is 0 Å². The Balaban J connectivity index is 1.61. The van der Waals surface area contributed by atoms with Gasteiger partial charge in [-0.3, -0.25) is 24.5 Å². The molecule has 1 heterocycles. The molecule has 1 aliphatic rings. The quantitative estimate of drug-likeness (QED) is 0.336. The van der Waals surface area contributed by atoms with Gasteiger partial charge in [0.15, 0.2) is 6.61 Å². The number of hydrogen-bond donors (Lipinski definition) is 1. The predicted molar refractivity (Wildman–Crippen MR) is 123 cm³/mol. The second-order valence-electron chi connectivity index (χ2n) is 7.59. The number of nitro benzene ring substituents is 1. The molecule has 2 aromatic rings. The number of methoxy groups -OCH3 is 1. The van der Waals surface area contributed by atoms with Crippen molar-refractivity contribution in [2.45, 2.75) is 20.3 Å². The monoisotopic (exact) mass is 519 g/mol. The fourth-order valence-electron chi connectivity index (χ4n) is 3.46. The Morgan fingerprint density at radius 3 is 2.64 bits per heavy atom. The minimum absolute atomic E-state index is 0.0124. The summed E-state index contributed by atoms with van der Waals surface area (Å²) in [5.74, 6) is -2.15. The molecule has 3 rings (SSSR count). The minimum atomic E-state index is -0.776. The Hall–Kier alpha value is -3.47. The highest BCUT2D eigenvalue weighted by Crippen LogP contribution is 2.36. The van der Waals surface area contributed by atoms with Crippen LogP contribution in [0.4, 0.5) is 17.1 Å². The topological polar surface area (TPSA) is 128 Å². The van der Waals surface area contributed by atoms with E-state index in [4.69, 9.17) is 9.47 Å². The van der Waals surface area contributed by atoms with Gasteiger partial charge in [0.05, 0.1) is 29.7 Å². The van der Waals surface area contributed by atoms with Crippen LogP contribution in [0, 0.1) is 29.9 Å². The Labute approximate surface area is 198 Å². The summed E-state index contributed by atoms with van der Waals surface area (Å²) in [6, 6.07) is 7.56. The van der Waals surface area contributed by atoms with E-state index in [2.05, 4.69) is 21.2 Å². The molecule has 0 radical (unpaired) electrons. The van der Waals surface area contributed by atoms with Gasteiger partial charge in [-0.2, -0.15) is 0 Å². The van der Waals surface area contributed by atoms with Crippen molar-refractivity contribution < 1.29 is 28.8 Å². The fourth-order valence-corrected chi connectivity index (χ4v) is 3.92. The predicted octanol–water partition coefficient (Wildman–Crippen LogP) is 3.52. The molecule has 1 saturated heterocycles. The molecule has 0 unspecified atom stereocenters. The molecule has 2 aromatic carbocycles. The summed E-state index contributed by atoms with van der Waals surface area (Å²) in [6.45, 7) is 3.26. The highest BCUT2D eigenvalue weighted by atomic mass is 79.9. The zero-order valence-electron chi connectivity index (χ0n) is 18.2. The summed E-state index contributed by atoms with van der Waals surface area (Å²) >= 11 is 3.43. The van der Waals surface area contributed by atoms with Gasteiger partial charge in [0.25, 0.3) is 11.6 Å². The van der Waals surface area contributed by atoms with E-state index >= 15 is 0 Å². The van der Waals surface area contributed by atoms with Crippen LogP contribution in [0.15, 0.2) is 34.8 Å². The largest absolute Gasteiger partial charge is 0.494 e. The molecule has 1 atom stereocenters. The van der Waals surface area contributed by atoms with Crippen LogP contribution in [-0.2, 0) is 19.1 Å². The van der Waals surface area contributed by atoms with Gasteiger partial charge < -0.3 is 19.7 Å². The lowest BCUT2D eigenvalue weighted by molar-refractivity contribution is -0.384. The molecule has 0 aromatic heterocycles. The van der Waals surface area contributed by atoms with E-state index in [1.54, 1.807) is 0 Å². The van der Waals surface area contributed by atoms with Crippen LogP contribution in [-0.4, -0.2) is 43.0 Å². The minimum Gasteiger partial charge on any atom is -0.494 e. The van der Waals surface area contributed by atoms with Crippen molar-refractivity contribution >= 4 is 50.8 Å². The number of amides is 2. The number of halogens is 1. The van der Waals surface area contributed by atoms with E-state index < -0.39 is 29.3 Å². The molecule has 1 fully saturated rings. The standard InChI is InChI=1S/C22H22BrN3O7/c1-12-7-17(13(2)6-16(12)23)24-20(27)11-33-22(29)14-8-21(28)25(10-14)18-5-4-15(26(30)31)9-19(18)32-3/h4-7,9,14H,8,10-11H2,1-3H3,(H,24,27)/t14-/m0/s1. The molecule has 10 nitrogen and oxygen atoms in total. The van der Waals surface area contributed by atoms with Crippen molar-refractivity contribution in [2.75, 3.05) is 30.5 Å². The number of nitrogens with zero attached hydrogens (tertiary/aromatic N) is 2. The van der Waals surface area contributed by atoms with Crippen LogP contribution in [0.5, 0.6) is 5.75 Å². The van der Waals surface area contributed by atoms with Gasteiger partial charge in [0.1, 0.15) is 5.75 Å². The molecule has 1 N–H and O–H groups in total. The number of anilines is 2. The molecule has 2 amide bonds. The van der Waals surface area contributed by atoms with Crippen LogP contribution in [0.2, 0.25) is 0 Å². The van der Waals surface area contributed by atoms with Gasteiger partial charge in [-0.1, -0.05) is 15.9 Å². The molecule has 174 valence electrons. The van der Waals surface area contributed by atoms with Crippen molar-refractivity contribution in [1.29, 1.82) is 0 Å². The molecular formula is C22H22BrN3O7. The molecule has 0 saturated carbocycles. The maximum atomic E-state index is 12.5. The number of nitro groups is 1. The zero-order valence-corrected chi connectivity index (χ0v) is 19.8. The SMILES string of the molecule is COc1cc([N+](=O)[O-])ccc1N1C[C@@H](C(=O)OCC(=O)Nc2cc(C)c(Br)cc2C)CC1=O. The second kappa shape index (κ2) is 9.99. The number of hydrogen-bond acceptors (Lipinski definition) is 7. The summed E-state index contributed by atoms with van der Waals surface area (Å²) in [5.41, 5.74) is 2.55. The number of carbonyl (C=O) groups is 3. The molecule has 0 aliphatic carbocycles. The summed E-state index contributed by atoms with van der Waals surface area (Å²) in [4.78, 5) is 49.0. The highest BCUT2D eigenvalue weighted by molar-refractivity contribution is 9.10. The number of aryl methyl sites for hydroxylation is 2. The second-order valence-corrected chi connectivity index (χ2v) is 8.45. The lowest BCUT2D eigenvalue weighted by Gasteiger charge is -2.19. The average Bonchev–Trinajstić information content (AvgIpc) is 3.16. The van der Waals surface area contributed by atoms with Crippen molar-refractivity contribution in [3.8, 4) is 5.75 Å². The van der Waals surface area contributed by atoms with Gasteiger partial charge in [-0.25, -0.2) is 0 Å². The fraction of sp³-hybridized carbons (Fsp3) is 0.318. The number of carbonyl (C=O) groups excluding carboxylic acids is 3. The number of non-ortho nitro benzene ring substituents is 1. The van der Waals surface area contributed by atoms with Crippen LogP contribution in [0.3, 0.4) is 0 Å². The van der Waals surface area contributed by atoms with Gasteiger partial charge in [0.2, 0.25) is 5.91 Å². The lowest BCUT2D eigenvalue weighted by Crippen LogP contribution is -2.28. The Kier molecular flexibility index (Phi) is 7.32. The van der Waals surface area contributed by atoms with Crippen LogP contribution < -0.4 is 15.0 Å². The number of benzene rings is 2. The number of rotatable bonds is 7. The first-order valence-corrected chi connectivity index (χ1v) is 10.8. The van der Waals surface area contributed by atoms with Crippen molar-refractivity contribution in [1.82, 2.24) is 0 Å². The summed E-state index contributed by atoms with van der Waals surface area (Å²) < 4.78 is 11.2. The van der Waals surface area contributed by atoms with Gasteiger partial charge in [-0.05, 0) is 43.2 Å². The van der Waals surface area contributed by atoms with Gasteiger partial charge in [-0.15, -0.1) is 0 Å². The summed E-state index contributed by atoms with van der Waals surface area (Å²) in [7, 11) is 1.34. The van der Waals surface area contributed by atoms with E-state index in [0.29, 0.717) is 11.4 Å². The van der Waals surface area contributed by atoms with Gasteiger partial charge in [0, 0.05) is 29.2 Å². The lowest BCUT2D eigenvalue weighted by atomic mass is 10.1. The molecule has 11 heteroatoms. The number of ether oxygens (including phenoxy) is 2. The zero-order chi connectivity index (χ0) is 24.3. The average molecular weight is 520 g/mol. The first-order chi connectivity index (χ1) is 15.6. The van der Waals surface area contributed by atoms with Crippen molar-refractivity contribution in [2.24, 2.45) is 5.92 Å². The normalized spacial score (nSPS) is 15.3. The maximum absolute atomic E-state index is 12.5. The molecule has 33 heavy (non-hydrogen) atoms. The summed E-state index contributed by atoms with van der Waals surface area (Å²) in [5, 5.41) is 13.7. The van der Waals surface area contributed by atoms with E-state index in [1.807, 2.05) is 26.0 Å². The number of nitrogens with one attached hydrogen (secondary N) is 1. The van der Waals surface area contributed by atoms with Gasteiger partial charge >= 0.3 is 5.97 Å². The third kappa shape index (κ3) is 5.48. The Morgan fingerprint density at radius 1 is 1.24 bits per heavy atom. The van der Waals surface area contributed by atoms with Crippen molar-refractivity contribution in [3.05, 3.63) is 56.0 Å². The summed E-state index contributed by atoms with van der Waals surface area (Å²) in [6.07, 6.45) is -0.106. The first-order valence-electron chi connectivity index (χ1n) is 9.96. The smallest absolute Gasteiger partial charge is 0.311 e. The van der Waals surface area contributed by atoms with E-state index in [-0.39, 0.29) is 30.3 Å². The van der Waals surface area contributed by atoms with Crippen LogP contribution in [0.1, 0.15) is 17.5 Å². The molecular weight excluding hydrogens is 498 g/mol. The molecule has 0 spiro atoms. The Bertz CT molecular complexity index is 1140. The van der Waals surface area contributed by atoms with Crippen LogP contribution >= 0.6 is 15.9 Å². The molecule has 1 aliphatic heterocycles. The van der Waals surface area contributed by atoms with E-state index in [9.17, 15) is 24.5 Å². The maximum Gasteiger partial charge on any atom is 0.311 e. The third-order valence-electron chi connectivity index (χ3n) is 5.25. The van der Waals surface area contributed by atoms with E-state index in [1.165, 1.54) is 30.2 Å². The highest BCUT2D eigenvalue weighted by Gasteiger charge is 2.37.